The summed E-state index contributed by atoms with van der Waals surface area (Å²) in [6.45, 7) is 4.17. The first-order valence-electron chi connectivity index (χ1n) is 5.54. The summed E-state index contributed by atoms with van der Waals surface area (Å²) in [5, 5.41) is 11.8. The van der Waals surface area contributed by atoms with Crippen molar-refractivity contribution in [2.75, 3.05) is 0 Å². The number of hydrogen-bond acceptors (Lipinski definition) is 3. The standard InChI is InChI=1S/C12H12N2O2/c1-11(2)12(16-11)7-3-4-8(12)10-9(7)13-5-6-14(10)15/h3-8H,1-2H3/t7-,8+,12+/m1/s1. The topological polar surface area (TPSA) is 52.4 Å². The van der Waals surface area contributed by atoms with E-state index in [1.165, 1.54) is 6.20 Å². The van der Waals surface area contributed by atoms with E-state index in [2.05, 4.69) is 31.0 Å². The first kappa shape index (κ1) is 8.70. The molecule has 0 saturated carbocycles. The molecular weight excluding hydrogens is 204 g/mol. The summed E-state index contributed by atoms with van der Waals surface area (Å²) in [7, 11) is 0. The molecule has 2 aliphatic carbocycles. The second-order valence-electron chi connectivity index (χ2n) is 5.27. The zero-order valence-corrected chi connectivity index (χ0v) is 9.18. The van der Waals surface area contributed by atoms with Crippen LogP contribution in [0.25, 0.3) is 0 Å². The van der Waals surface area contributed by atoms with Gasteiger partial charge in [-0.25, -0.2) is 4.98 Å². The van der Waals surface area contributed by atoms with E-state index in [0.29, 0.717) is 0 Å². The van der Waals surface area contributed by atoms with Crippen LogP contribution in [0, 0.1) is 5.21 Å². The van der Waals surface area contributed by atoms with Gasteiger partial charge in [0.15, 0.2) is 6.20 Å². The summed E-state index contributed by atoms with van der Waals surface area (Å²) in [6, 6.07) is 0. The number of nitrogens with zero attached hydrogens (tertiary/aromatic N) is 2. The number of hydrogen-bond donors (Lipinski definition) is 0. The lowest BCUT2D eigenvalue weighted by Gasteiger charge is -2.11. The third-order valence-corrected chi connectivity index (χ3v) is 4.25. The van der Waals surface area contributed by atoms with Crippen molar-refractivity contribution < 1.29 is 9.47 Å². The molecular formula is C12H12N2O2. The van der Waals surface area contributed by atoms with Crippen LogP contribution in [0.2, 0.25) is 0 Å². The van der Waals surface area contributed by atoms with Crippen molar-refractivity contribution in [2.24, 2.45) is 0 Å². The van der Waals surface area contributed by atoms with Crippen LogP contribution in [-0.4, -0.2) is 16.2 Å². The van der Waals surface area contributed by atoms with Crippen molar-refractivity contribution in [3.63, 3.8) is 0 Å². The quantitative estimate of drug-likeness (QED) is 0.281. The highest BCUT2D eigenvalue weighted by molar-refractivity contribution is 5.52. The Balaban J connectivity index is 1.98. The molecule has 1 fully saturated rings. The number of ether oxygens (including phenoxy) is 1. The van der Waals surface area contributed by atoms with Crippen LogP contribution < -0.4 is 4.73 Å². The summed E-state index contributed by atoms with van der Waals surface area (Å²) in [4.78, 5) is 4.35. The molecule has 4 nitrogen and oxygen atoms in total. The van der Waals surface area contributed by atoms with Gasteiger partial charge in [0, 0.05) is 0 Å². The summed E-state index contributed by atoms with van der Waals surface area (Å²) in [5.41, 5.74) is 1.30. The van der Waals surface area contributed by atoms with Gasteiger partial charge >= 0.3 is 0 Å². The highest BCUT2D eigenvalue weighted by Gasteiger charge is 2.78. The van der Waals surface area contributed by atoms with Crippen LogP contribution in [0.15, 0.2) is 24.5 Å². The number of rotatable bonds is 0. The second-order valence-corrected chi connectivity index (χ2v) is 5.27. The largest absolute Gasteiger partial charge is 0.618 e. The molecule has 0 radical (unpaired) electrons. The third-order valence-electron chi connectivity index (χ3n) is 4.25. The smallest absolute Gasteiger partial charge is 0.224 e. The van der Waals surface area contributed by atoms with Crippen LogP contribution in [0.1, 0.15) is 37.1 Å². The molecule has 1 aromatic heterocycles. The van der Waals surface area contributed by atoms with Gasteiger partial charge in [-0.15, -0.1) is 0 Å². The first-order valence-corrected chi connectivity index (χ1v) is 5.54. The van der Waals surface area contributed by atoms with Crippen LogP contribution >= 0.6 is 0 Å². The minimum Gasteiger partial charge on any atom is -0.618 e. The van der Waals surface area contributed by atoms with E-state index in [9.17, 15) is 5.21 Å². The molecule has 1 aromatic rings. The maximum absolute atomic E-state index is 11.8. The van der Waals surface area contributed by atoms with E-state index >= 15 is 0 Å². The van der Waals surface area contributed by atoms with Crippen LogP contribution in [0.4, 0.5) is 0 Å². The molecule has 0 unspecified atom stereocenters. The lowest BCUT2D eigenvalue weighted by atomic mass is 9.84. The minimum absolute atomic E-state index is 0.0775. The van der Waals surface area contributed by atoms with Crippen molar-refractivity contribution >= 4 is 0 Å². The maximum Gasteiger partial charge on any atom is 0.224 e. The first-order chi connectivity index (χ1) is 7.58. The van der Waals surface area contributed by atoms with Gasteiger partial charge in [-0.2, -0.15) is 4.73 Å². The lowest BCUT2D eigenvalue weighted by Crippen LogP contribution is -2.35. The molecule has 82 valence electrons. The minimum atomic E-state index is -0.226. The Morgan fingerprint density at radius 2 is 2.06 bits per heavy atom. The van der Waals surface area contributed by atoms with E-state index in [1.54, 1.807) is 6.20 Å². The van der Waals surface area contributed by atoms with Gasteiger partial charge in [-0.3, -0.25) is 0 Å². The highest BCUT2D eigenvalue weighted by Crippen LogP contribution is 2.70. The van der Waals surface area contributed by atoms with Crippen molar-refractivity contribution in [3.05, 3.63) is 41.1 Å². The average molecular weight is 216 g/mol. The molecule has 1 saturated heterocycles. The predicted molar refractivity (Wildman–Crippen MR) is 55.7 cm³/mol. The molecule has 2 heterocycles. The molecule has 0 amide bonds. The van der Waals surface area contributed by atoms with Crippen LogP contribution in [0.3, 0.4) is 0 Å². The molecule has 0 N–H and O–H groups in total. The molecule has 1 aliphatic heterocycles. The van der Waals surface area contributed by atoms with Crippen molar-refractivity contribution in [1.82, 2.24) is 4.98 Å². The Morgan fingerprint density at radius 3 is 2.69 bits per heavy atom. The van der Waals surface area contributed by atoms with Gasteiger partial charge in [0.05, 0.1) is 23.6 Å². The maximum atomic E-state index is 11.8. The van der Waals surface area contributed by atoms with E-state index < -0.39 is 0 Å². The third kappa shape index (κ3) is 0.659. The number of epoxide rings is 1. The van der Waals surface area contributed by atoms with E-state index in [0.717, 1.165) is 16.1 Å². The van der Waals surface area contributed by atoms with Crippen LogP contribution in [-0.2, 0) is 4.74 Å². The average Bonchev–Trinajstić information content (AvgIpc) is 2.54. The Hall–Kier alpha value is -1.42. The Labute approximate surface area is 93.2 Å². The predicted octanol–water partition coefficient (Wildman–Crippen LogP) is 1.01. The van der Waals surface area contributed by atoms with Crippen LogP contribution in [0.5, 0.6) is 0 Å². The highest BCUT2D eigenvalue weighted by atomic mass is 16.6. The second kappa shape index (κ2) is 2.15. The van der Waals surface area contributed by atoms with Gasteiger partial charge in [-0.1, -0.05) is 12.2 Å². The monoisotopic (exact) mass is 216 g/mol. The molecule has 3 aliphatic rings. The fourth-order valence-corrected chi connectivity index (χ4v) is 3.53. The number of fused-ring (bicyclic) bond motifs is 3. The fourth-order valence-electron chi connectivity index (χ4n) is 3.53. The Bertz CT molecular complexity index is 538. The molecule has 1 spiro atoms. The zero-order chi connectivity index (χ0) is 11.1. The summed E-state index contributed by atoms with van der Waals surface area (Å²) < 4.78 is 6.86. The van der Waals surface area contributed by atoms with Crippen molar-refractivity contribution in [1.29, 1.82) is 0 Å². The SMILES string of the molecule is CC1(C)O[C@]12[C@@H]1C=C[C@H]2c2c1ncc[n+]2[O-]. The van der Waals surface area contributed by atoms with E-state index in [4.69, 9.17) is 4.74 Å². The number of aromatic nitrogens is 2. The van der Waals surface area contributed by atoms with Gasteiger partial charge < -0.3 is 9.94 Å². The van der Waals surface area contributed by atoms with Crippen molar-refractivity contribution in [3.8, 4) is 0 Å². The lowest BCUT2D eigenvalue weighted by molar-refractivity contribution is -0.615. The van der Waals surface area contributed by atoms with Gasteiger partial charge in [0.2, 0.25) is 5.69 Å². The van der Waals surface area contributed by atoms with E-state index in [1.807, 2.05) is 0 Å². The normalized spacial score (nSPS) is 40.4. The summed E-state index contributed by atoms with van der Waals surface area (Å²) in [6.07, 6.45) is 7.27. The van der Waals surface area contributed by atoms with Gasteiger partial charge in [0.25, 0.3) is 0 Å². The summed E-state index contributed by atoms with van der Waals surface area (Å²) >= 11 is 0. The fraction of sp³-hybridized carbons (Fsp3) is 0.500. The van der Waals surface area contributed by atoms with Gasteiger partial charge in [0.1, 0.15) is 11.3 Å². The van der Waals surface area contributed by atoms with E-state index in [-0.39, 0.29) is 23.0 Å². The molecule has 0 aromatic carbocycles. The zero-order valence-electron chi connectivity index (χ0n) is 9.18. The van der Waals surface area contributed by atoms with Gasteiger partial charge in [-0.05, 0) is 13.8 Å². The van der Waals surface area contributed by atoms with Crippen molar-refractivity contribution in [2.45, 2.75) is 36.9 Å². The molecule has 2 bridgehead atoms. The molecule has 16 heavy (non-hydrogen) atoms. The summed E-state index contributed by atoms with van der Waals surface area (Å²) in [5.74, 6) is 0.234. The molecule has 4 heteroatoms. The Kier molecular flexibility index (Phi) is 1.17. The Morgan fingerprint density at radius 1 is 1.38 bits per heavy atom. The molecule has 3 atom stereocenters. The molecule has 4 rings (SSSR count).